The quantitative estimate of drug-likeness (QED) is 0.682. The van der Waals surface area contributed by atoms with Crippen LogP contribution in [0.25, 0.3) is 0 Å². The first kappa shape index (κ1) is 16.3. The normalized spacial score (nSPS) is 11.0. The summed E-state index contributed by atoms with van der Waals surface area (Å²) in [6.07, 6.45) is 3.45. The fourth-order valence-corrected chi connectivity index (χ4v) is 2.16. The van der Waals surface area contributed by atoms with Crippen molar-refractivity contribution in [3.63, 3.8) is 0 Å². The Bertz CT molecular complexity index is 366. The summed E-state index contributed by atoms with van der Waals surface area (Å²) in [5, 5.41) is 4.22. The first-order valence-electron chi connectivity index (χ1n) is 7.25. The van der Waals surface area contributed by atoms with Crippen LogP contribution >= 0.6 is 11.6 Å². The Labute approximate surface area is 122 Å². The van der Waals surface area contributed by atoms with Gasteiger partial charge in [0.05, 0.1) is 0 Å². The lowest BCUT2D eigenvalue weighted by atomic mass is 10.1. The molecule has 0 heterocycles. The maximum atomic E-state index is 6.07. The van der Waals surface area contributed by atoms with E-state index in [0.717, 1.165) is 41.8 Å². The van der Waals surface area contributed by atoms with Crippen LogP contribution in [0.15, 0.2) is 18.2 Å². The van der Waals surface area contributed by atoms with Gasteiger partial charge in [0.1, 0.15) is 12.4 Å². The largest absolute Gasteiger partial charge is 0.492 e. The highest BCUT2D eigenvalue weighted by atomic mass is 35.5. The van der Waals surface area contributed by atoms with Crippen LogP contribution in [-0.2, 0) is 6.42 Å². The van der Waals surface area contributed by atoms with Crippen molar-refractivity contribution in [1.82, 2.24) is 5.32 Å². The Balaban J connectivity index is 2.15. The van der Waals surface area contributed by atoms with Gasteiger partial charge in [0.2, 0.25) is 0 Å². The van der Waals surface area contributed by atoms with E-state index in [1.54, 1.807) is 0 Å². The predicted molar refractivity (Wildman–Crippen MR) is 83.3 cm³/mol. The SMILES string of the molecule is CCc1cc(OCCNCCCC(C)C)ccc1Cl. The highest BCUT2D eigenvalue weighted by Crippen LogP contribution is 2.22. The molecule has 0 atom stereocenters. The molecule has 0 aromatic heterocycles. The Kier molecular flexibility index (Phi) is 7.92. The van der Waals surface area contributed by atoms with Crippen LogP contribution in [0.3, 0.4) is 0 Å². The molecule has 2 nitrogen and oxygen atoms in total. The molecular formula is C16H26ClNO. The number of benzene rings is 1. The van der Waals surface area contributed by atoms with Gasteiger partial charge in [-0.2, -0.15) is 0 Å². The summed E-state index contributed by atoms with van der Waals surface area (Å²) in [6, 6.07) is 5.87. The van der Waals surface area contributed by atoms with Gasteiger partial charge >= 0.3 is 0 Å². The minimum absolute atomic E-state index is 0.701. The van der Waals surface area contributed by atoms with Gasteiger partial charge < -0.3 is 10.1 Å². The zero-order chi connectivity index (χ0) is 14.1. The van der Waals surface area contributed by atoms with E-state index in [1.165, 1.54) is 12.8 Å². The molecule has 0 aliphatic rings. The van der Waals surface area contributed by atoms with Crippen molar-refractivity contribution in [3.8, 4) is 5.75 Å². The third-order valence-corrected chi connectivity index (χ3v) is 3.45. The molecule has 1 rings (SSSR count). The molecule has 0 radical (unpaired) electrons. The maximum Gasteiger partial charge on any atom is 0.119 e. The lowest BCUT2D eigenvalue weighted by Gasteiger charge is -2.10. The van der Waals surface area contributed by atoms with E-state index >= 15 is 0 Å². The third-order valence-electron chi connectivity index (χ3n) is 3.08. The van der Waals surface area contributed by atoms with Crippen molar-refractivity contribution in [2.75, 3.05) is 19.7 Å². The summed E-state index contributed by atoms with van der Waals surface area (Å²) in [4.78, 5) is 0. The van der Waals surface area contributed by atoms with Crippen molar-refractivity contribution in [2.45, 2.75) is 40.0 Å². The van der Waals surface area contributed by atoms with Crippen molar-refractivity contribution in [3.05, 3.63) is 28.8 Å². The molecule has 0 aliphatic heterocycles. The van der Waals surface area contributed by atoms with E-state index in [9.17, 15) is 0 Å². The molecule has 19 heavy (non-hydrogen) atoms. The van der Waals surface area contributed by atoms with E-state index in [0.29, 0.717) is 6.61 Å². The molecule has 0 amide bonds. The van der Waals surface area contributed by atoms with Gasteiger partial charge in [0.25, 0.3) is 0 Å². The molecule has 0 bridgehead atoms. The lowest BCUT2D eigenvalue weighted by molar-refractivity contribution is 0.313. The summed E-state index contributed by atoms with van der Waals surface area (Å²) in [5.41, 5.74) is 1.14. The Morgan fingerprint density at radius 1 is 1.26 bits per heavy atom. The Morgan fingerprint density at radius 2 is 2.05 bits per heavy atom. The topological polar surface area (TPSA) is 21.3 Å². The van der Waals surface area contributed by atoms with E-state index in [-0.39, 0.29) is 0 Å². The van der Waals surface area contributed by atoms with E-state index in [4.69, 9.17) is 16.3 Å². The van der Waals surface area contributed by atoms with E-state index in [2.05, 4.69) is 26.1 Å². The zero-order valence-electron chi connectivity index (χ0n) is 12.3. The minimum atomic E-state index is 0.701. The molecule has 1 aromatic rings. The van der Waals surface area contributed by atoms with Crippen LogP contribution in [0.1, 0.15) is 39.2 Å². The molecule has 108 valence electrons. The molecule has 0 saturated carbocycles. The molecule has 3 heteroatoms. The number of ether oxygens (including phenoxy) is 1. The summed E-state index contributed by atoms with van der Waals surface area (Å²) >= 11 is 6.07. The Morgan fingerprint density at radius 3 is 2.74 bits per heavy atom. The molecular weight excluding hydrogens is 258 g/mol. The molecule has 0 fully saturated rings. The highest BCUT2D eigenvalue weighted by molar-refractivity contribution is 6.31. The van der Waals surface area contributed by atoms with Crippen molar-refractivity contribution < 1.29 is 4.74 Å². The van der Waals surface area contributed by atoms with Gasteiger partial charge in [0.15, 0.2) is 0 Å². The van der Waals surface area contributed by atoms with Crippen molar-refractivity contribution in [2.24, 2.45) is 5.92 Å². The standard InChI is InChI=1S/C16H26ClNO/c1-4-14-12-15(7-8-16(14)17)19-11-10-18-9-5-6-13(2)3/h7-8,12-13,18H,4-6,9-11H2,1-3H3. The van der Waals surface area contributed by atoms with Crippen LogP contribution in [0.4, 0.5) is 0 Å². The first-order chi connectivity index (χ1) is 9.13. The number of aryl methyl sites for hydroxylation is 1. The number of hydrogen-bond donors (Lipinski definition) is 1. The smallest absolute Gasteiger partial charge is 0.119 e. The number of nitrogens with one attached hydrogen (secondary N) is 1. The summed E-state index contributed by atoms with van der Waals surface area (Å²) in [5.74, 6) is 1.70. The van der Waals surface area contributed by atoms with Crippen molar-refractivity contribution >= 4 is 11.6 Å². The van der Waals surface area contributed by atoms with Gasteiger partial charge in [0, 0.05) is 11.6 Å². The highest BCUT2D eigenvalue weighted by Gasteiger charge is 2.01. The molecule has 1 N–H and O–H groups in total. The first-order valence-corrected chi connectivity index (χ1v) is 7.63. The number of hydrogen-bond acceptors (Lipinski definition) is 2. The third kappa shape index (κ3) is 6.84. The van der Waals surface area contributed by atoms with Crippen LogP contribution in [0.5, 0.6) is 5.75 Å². The van der Waals surface area contributed by atoms with Crippen LogP contribution in [0.2, 0.25) is 5.02 Å². The zero-order valence-corrected chi connectivity index (χ0v) is 13.1. The van der Waals surface area contributed by atoms with Crippen LogP contribution in [-0.4, -0.2) is 19.7 Å². The Hall–Kier alpha value is -0.730. The second-order valence-electron chi connectivity index (χ2n) is 5.24. The molecule has 1 aromatic carbocycles. The van der Waals surface area contributed by atoms with Crippen molar-refractivity contribution in [1.29, 1.82) is 0 Å². The summed E-state index contributed by atoms with van der Waals surface area (Å²) in [6.45, 7) is 9.28. The molecule has 0 aliphatic carbocycles. The second kappa shape index (κ2) is 9.22. The summed E-state index contributed by atoms with van der Waals surface area (Å²) < 4.78 is 5.71. The fourth-order valence-electron chi connectivity index (χ4n) is 1.91. The van der Waals surface area contributed by atoms with Gasteiger partial charge in [-0.3, -0.25) is 0 Å². The van der Waals surface area contributed by atoms with E-state index in [1.807, 2.05) is 18.2 Å². The second-order valence-corrected chi connectivity index (χ2v) is 5.65. The average molecular weight is 284 g/mol. The van der Waals surface area contributed by atoms with Gasteiger partial charge in [-0.1, -0.05) is 32.4 Å². The molecule has 0 unspecified atom stereocenters. The van der Waals surface area contributed by atoms with Gasteiger partial charge in [-0.25, -0.2) is 0 Å². The molecule has 0 spiro atoms. The average Bonchev–Trinajstić information content (AvgIpc) is 2.39. The maximum absolute atomic E-state index is 6.07. The summed E-state index contributed by atoms with van der Waals surface area (Å²) in [7, 11) is 0. The van der Waals surface area contributed by atoms with Crippen LogP contribution < -0.4 is 10.1 Å². The predicted octanol–water partition coefficient (Wildman–Crippen LogP) is 4.31. The molecule has 0 saturated heterocycles. The van der Waals surface area contributed by atoms with Gasteiger partial charge in [-0.15, -0.1) is 0 Å². The van der Waals surface area contributed by atoms with Gasteiger partial charge in [-0.05, 0) is 55.5 Å². The van der Waals surface area contributed by atoms with Crippen LogP contribution in [0, 0.1) is 5.92 Å². The fraction of sp³-hybridized carbons (Fsp3) is 0.625. The minimum Gasteiger partial charge on any atom is -0.492 e. The number of rotatable bonds is 9. The monoisotopic (exact) mass is 283 g/mol. The number of halogens is 1. The lowest BCUT2D eigenvalue weighted by Crippen LogP contribution is -2.22. The van der Waals surface area contributed by atoms with E-state index < -0.39 is 0 Å².